The van der Waals surface area contributed by atoms with Crippen LogP contribution in [0, 0.1) is 0 Å². The summed E-state index contributed by atoms with van der Waals surface area (Å²) in [5.41, 5.74) is 7.09. The molecule has 4 N–H and O–H groups in total. The Morgan fingerprint density at radius 1 is 1.10 bits per heavy atom. The molecule has 8 heteroatoms. The number of hydrogen-bond donors (Lipinski definition) is 3. The fourth-order valence-corrected chi connectivity index (χ4v) is 1.90. The molecule has 0 saturated heterocycles. The van der Waals surface area contributed by atoms with E-state index in [-0.39, 0.29) is 5.95 Å². The number of halogens is 3. The van der Waals surface area contributed by atoms with Gasteiger partial charge in [0.15, 0.2) is 11.6 Å². The van der Waals surface area contributed by atoms with E-state index in [0.29, 0.717) is 22.5 Å². The molecule has 0 fully saturated rings. The zero-order valence-corrected chi connectivity index (χ0v) is 10.6. The number of anilines is 3. The monoisotopic (exact) mass is 293 g/mol. The number of nitrogens with one attached hydrogen (secondary N) is 2. The quantitative estimate of drug-likeness (QED) is 0.677. The number of H-pyrrole nitrogens is 1. The van der Waals surface area contributed by atoms with Gasteiger partial charge in [0.1, 0.15) is 0 Å². The zero-order valence-electron chi connectivity index (χ0n) is 10.6. The predicted octanol–water partition coefficient (Wildman–Crippen LogP) is 3.30. The van der Waals surface area contributed by atoms with Crippen molar-refractivity contribution in [2.75, 3.05) is 11.1 Å². The van der Waals surface area contributed by atoms with E-state index in [1.165, 1.54) is 18.3 Å². The minimum absolute atomic E-state index is 0.254. The lowest BCUT2D eigenvalue weighted by molar-refractivity contribution is -0.137. The van der Waals surface area contributed by atoms with Crippen molar-refractivity contribution in [1.82, 2.24) is 15.0 Å². The average Bonchev–Trinajstić information content (AvgIpc) is 2.78. The standard InChI is InChI=1S/C13H10F3N5/c14-13(15,16)7-1-3-8(4-2-7)19-9-5-10-11(18-6-9)21-12(17)20-10/h1-6,19H,(H3,17,18,20,21). The highest BCUT2D eigenvalue weighted by atomic mass is 19.4. The lowest BCUT2D eigenvalue weighted by atomic mass is 10.2. The fraction of sp³-hybridized carbons (Fsp3) is 0.0769. The second kappa shape index (κ2) is 4.65. The van der Waals surface area contributed by atoms with E-state index in [9.17, 15) is 13.2 Å². The molecule has 0 aliphatic heterocycles. The van der Waals surface area contributed by atoms with Crippen LogP contribution in [-0.4, -0.2) is 15.0 Å². The van der Waals surface area contributed by atoms with Crippen LogP contribution in [0.25, 0.3) is 11.2 Å². The fourth-order valence-electron chi connectivity index (χ4n) is 1.90. The molecular formula is C13H10F3N5. The van der Waals surface area contributed by atoms with E-state index in [4.69, 9.17) is 5.73 Å². The molecule has 0 unspecified atom stereocenters. The summed E-state index contributed by atoms with van der Waals surface area (Å²) in [6.07, 6.45) is -2.81. The normalized spacial score (nSPS) is 11.8. The third-order valence-corrected chi connectivity index (χ3v) is 2.86. The van der Waals surface area contributed by atoms with Gasteiger partial charge in [-0.25, -0.2) is 4.98 Å². The van der Waals surface area contributed by atoms with Crippen LogP contribution < -0.4 is 11.1 Å². The maximum Gasteiger partial charge on any atom is 0.416 e. The summed E-state index contributed by atoms with van der Waals surface area (Å²) in [5.74, 6) is 0.254. The third kappa shape index (κ3) is 2.73. The first-order valence-corrected chi connectivity index (χ1v) is 5.97. The molecule has 5 nitrogen and oxygen atoms in total. The number of imidazole rings is 1. The van der Waals surface area contributed by atoms with Gasteiger partial charge in [0.25, 0.3) is 0 Å². The number of fused-ring (bicyclic) bond motifs is 1. The third-order valence-electron chi connectivity index (χ3n) is 2.86. The number of aromatic nitrogens is 3. The molecule has 2 aromatic heterocycles. The van der Waals surface area contributed by atoms with Gasteiger partial charge in [-0.2, -0.15) is 18.2 Å². The van der Waals surface area contributed by atoms with Crippen LogP contribution in [-0.2, 0) is 6.18 Å². The van der Waals surface area contributed by atoms with Gasteiger partial charge < -0.3 is 16.0 Å². The van der Waals surface area contributed by atoms with Crippen molar-refractivity contribution >= 4 is 28.5 Å². The second-order valence-electron chi connectivity index (χ2n) is 4.42. The van der Waals surface area contributed by atoms with Crippen molar-refractivity contribution < 1.29 is 13.2 Å². The summed E-state index contributed by atoms with van der Waals surface area (Å²) in [4.78, 5) is 10.9. The summed E-state index contributed by atoms with van der Waals surface area (Å²) in [6.45, 7) is 0. The summed E-state index contributed by atoms with van der Waals surface area (Å²) in [6, 6.07) is 6.47. The maximum absolute atomic E-state index is 12.5. The van der Waals surface area contributed by atoms with Gasteiger partial charge >= 0.3 is 6.18 Å². The van der Waals surface area contributed by atoms with Gasteiger partial charge in [0.05, 0.1) is 23.0 Å². The zero-order chi connectivity index (χ0) is 15.0. The summed E-state index contributed by atoms with van der Waals surface area (Å²) >= 11 is 0. The summed E-state index contributed by atoms with van der Waals surface area (Å²) < 4.78 is 37.4. The Balaban J connectivity index is 1.84. The Hall–Kier alpha value is -2.77. The van der Waals surface area contributed by atoms with Crippen LogP contribution >= 0.6 is 0 Å². The van der Waals surface area contributed by atoms with Crippen LogP contribution in [0.2, 0.25) is 0 Å². The highest BCUT2D eigenvalue weighted by Gasteiger charge is 2.29. The van der Waals surface area contributed by atoms with Crippen LogP contribution in [0.3, 0.4) is 0 Å². The van der Waals surface area contributed by atoms with Crippen molar-refractivity contribution in [3.63, 3.8) is 0 Å². The van der Waals surface area contributed by atoms with Gasteiger partial charge in [0.2, 0.25) is 0 Å². The van der Waals surface area contributed by atoms with E-state index in [0.717, 1.165) is 12.1 Å². The second-order valence-corrected chi connectivity index (χ2v) is 4.42. The molecule has 0 amide bonds. The smallest absolute Gasteiger partial charge is 0.369 e. The predicted molar refractivity (Wildman–Crippen MR) is 73.0 cm³/mol. The lowest BCUT2D eigenvalue weighted by Gasteiger charge is -2.09. The highest BCUT2D eigenvalue weighted by molar-refractivity contribution is 5.78. The Labute approximate surface area is 117 Å². The first-order chi connectivity index (χ1) is 9.91. The molecule has 108 valence electrons. The number of nitrogens with two attached hydrogens (primary N) is 1. The number of nitrogen functional groups attached to an aromatic ring is 1. The van der Waals surface area contributed by atoms with Crippen LogP contribution in [0.1, 0.15) is 5.56 Å². The van der Waals surface area contributed by atoms with Crippen molar-refractivity contribution in [2.24, 2.45) is 0 Å². The summed E-state index contributed by atoms with van der Waals surface area (Å²) in [5, 5.41) is 2.97. The van der Waals surface area contributed by atoms with E-state index in [1.54, 1.807) is 6.07 Å². The van der Waals surface area contributed by atoms with Crippen molar-refractivity contribution in [3.05, 3.63) is 42.1 Å². The van der Waals surface area contributed by atoms with Gasteiger partial charge in [0, 0.05) is 5.69 Å². The Morgan fingerprint density at radius 3 is 2.48 bits per heavy atom. The molecule has 0 aliphatic carbocycles. The number of pyridine rings is 1. The highest BCUT2D eigenvalue weighted by Crippen LogP contribution is 2.30. The first kappa shape index (κ1) is 13.2. The molecule has 3 rings (SSSR count). The molecule has 1 aromatic carbocycles. The Morgan fingerprint density at radius 2 is 1.81 bits per heavy atom. The SMILES string of the molecule is Nc1nc2ncc(Nc3ccc(C(F)(F)F)cc3)cc2[nH]1. The van der Waals surface area contributed by atoms with Crippen molar-refractivity contribution in [3.8, 4) is 0 Å². The number of hydrogen-bond acceptors (Lipinski definition) is 4. The number of benzene rings is 1. The molecule has 21 heavy (non-hydrogen) atoms. The molecule has 3 aromatic rings. The van der Waals surface area contributed by atoms with Crippen LogP contribution in [0.15, 0.2) is 36.5 Å². The van der Waals surface area contributed by atoms with E-state index in [2.05, 4.69) is 20.3 Å². The van der Waals surface area contributed by atoms with Gasteiger partial charge in [-0.15, -0.1) is 0 Å². The number of nitrogens with zero attached hydrogens (tertiary/aromatic N) is 2. The van der Waals surface area contributed by atoms with Crippen molar-refractivity contribution in [1.29, 1.82) is 0 Å². The number of rotatable bonds is 2. The summed E-state index contributed by atoms with van der Waals surface area (Å²) in [7, 11) is 0. The van der Waals surface area contributed by atoms with E-state index in [1.807, 2.05) is 0 Å². The topological polar surface area (TPSA) is 79.6 Å². The van der Waals surface area contributed by atoms with Gasteiger partial charge in [-0.05, 0) is 30.3 Å². The van der Waals surface area contributed by atoms with Gasteiger partial charge in [-0.3, -0.25) is 0 Å². The Bertz CT molecular complexity index is 777. The molecular weight excluding hydrogens is 283 g/mol. The van der Waals surface area contributed by atoms with Gasteiger partial charge in [-0.1, -0.05) is 0 Å². The average molecular weight is 293 g/mol. The first-order valence-electron chi connectivity index (χ1n) is 5.97. The number of aromatic amines is 1. The molecule has 0 bridgehead atoms. The molecule has 2 heterocycles. The molecule has 0 radical (unpaired) electrons. The number of alkyl halides is 3. The van der Waals surface area contributed by atoms with E-state index >= 15 is 0 Å². The minimum atomic E-state index is -4.34. The van der Waals surface area contributed by atoms with Crippen LogP contribution in [0.5, 0.6) is 0 Å². The molecule has 0 atom stereocenters. The van der Waals surface area contributed by atoms with Crippen molar-refractivity contribution in [2.45, 2.75) is 6.18 Å². The Kier molecular flexibility index (Phi) is 2.93. The molecule has 0 spiro atoms. The minimum Gasteiger partial charge on any atom is -0.369 e. The largest absolute Gasteiger partial charge is 0.416 e. The van der Waals surface area contributed by atoms with E-state index < -0.39 is 11.7 Å². The lowest BCUT2D eigenvalue weighted by Crippen LogP contribution is -2.04. The molecule has 0 aliphatic rings. The van der Waals surface area contributed by atoms with Crippen LogP contribution in [0.4, 0.5) is 30.5 Å². The maximum atomic E-state index is 12.5. The molecule has 0 saturated carbocycles.